The summed E-state index contributed by atoms with van der Waals surface area (Å²) in [5.74, 6) is -0.0809. The Balaban J connectivity index is 1.46. The average Bonchev–Trinajstić information content (AvgIpc) is 3.20. The van der Waals surface area contributed by atoms with Crippen molar-refractivity contribution in [1.29, 1.82) is 0 Å². The first kappa shape index (κ1) is 21.6. The molecule has 2 aliphatic rings. The molecule has 9 nitrogen and oxygen atoms in total. The minimum absolute atomic E-state index is 0.0809. The van der Waals surface area contributed by atoms with Crippen molar-refractivity contribution in [1.82, 2.24) is 15.0 Å². The molecule has 3 rings (SSSR count). The molecule has 0 amide bonds. The summed E-state index contributed by atoms with van der Waals surface area (Å²) in [5.41, 5.74) is 2.17. The number of aryl methyl sites for hydroxylation is 1. The topological polar surface area (TPSA) is 92.5 Å². The lowest BCUT2D eigenvalue weighted by Gasteiger charge is -2.31. The van der Waals surface area contributed by atoms with Gasteiger partial charge in [-0.25, -0.2) is 8.86 Å². The van der Waals surface area contributed by atoms with E-state index in [4.69, 9.17) is 13.7 Å². The molecule has 28 heavy (non-hydrogen) atoms. The maximum atomic E-state index is 12.2. The first-order valence-electron chi connectivity index (χ1n) is 10.3. The molecule has 160 valence electrons. The molecule has 3 heterocycles. The fraction of sp³-hybridized carbons (Fsp3) is 0.889. The van der Waals surface area contributed by atoms with Gasteiger partial charge in [0.1, 0.15) is 24.5 Å². The van der Waals surface area contributed by atoms with Crippen LogP contribution in [0.5, 0.6) is 0 Å². The summed E-state index contributed by atoms with van der Waals surface area (Å²) in [7, 11) is -3.68. The van der Waals surface area contributed by atoms with E-state index in [0.29, 0.717) is 19.6 Å². The van der Waals surface area contributed by atoms with Gasteiger partial charge in [0.2, 0.25) is 0 Å². The van der Waals surface area contributed by atoms with Crippen LogP contribution in [-0.2, 0) is 43.4 Å². The molecule has 0 aliphatic carbocycles. The number of rotatable bonds is 10. The lowest BCUT2D eigenvalue weighted by Crippen LogP contribution is -2.42. The van der Waals surface area contributed by atoms with Gasteiger partial charge < -0.3 is 14.0 Å². The molecule has 2 unspecified atom stereocenters. The Hall–Kier alpha value is -1.07. The second-order valence-electron chi connectivity index (χ2n) is 7.71. The SMILES string of the molecule is CC[N+]1(CC)Cc2nnn(CCCS(=O)(=O)OC(C)OC3CCCCO3)c2C1. The third kappa shape index (κ3) is 5.29. The smallest absolute Gasteiger partial charge is 0.269 e. The molecule has 0 aromatic carbocycles. The third-order valence-electron chi connectivity index (χ3n) is 5.76. The van der Waals surface area contributed by atoms with Crippen LogP contribution in [0.2, 0.25) is 0 Å². The predicted octanol–water partition coefficient (Wildman–Crippen LogP) is 1.77. The van der Waals surface area contributed by atoms with Gasteiger partial charge in [0.15, 0.2) is 12.6 Å². The molecule has 10 heteroatoms. The fourth-order valence-electron chi connectivity index (χ4n) is 3.91. The van der Waals surface area contributed by atoms with E-state index in [1.807, 2.05) is 4.68 Å². The van der Waals surface area contributed by atoms with Crippen molar-refractivity contribution in [2.45, 2.75) is 78.7 Å². The van der Waals surface area contributed by atoms with Crippen LogP contribution in [0, 0.1) is 0 Å². The number of fused-ring (bicyclic) bond motifs is 1. The van der Waals surface area contributed by atoms with E-state index in [1.54, 1.807) is 6.92 Å². The van der Waals surface area contributed by atoms with E-state index in [-0.39, 0.29) is 12.0 Å². The highest BCUT2D eigenvalue weighted by Crippen LogP contribution is 2.28. The van der Waals surface area contributed by atoms with Crippen LogP contribution < -0.4 is 0 Å². The summed E-state index contributed by atoms with van der Waals surface area (Å²) in [6.45, 7) is 11.0. The normalized spacial score (nSPS) is 22.9. The summed E-state index contributed by atoms with van der Waals surface area (Å²) >= 11 is 0. The van der Waals surface area contributed by atoms with Gasteiger partial charge in [-0.15, -0.1) is 5.10 Å². The maximum absolute atomic E-state index is 12.2. The number of quaternary nitrogens is 1. The van der Waals surface area contributed by atoms with Crippen LogP contribution in [0.15, 0.2) is 0 Å². The van der Waals surface area contributed by atoms with Crippen LogP contribution in [0.1, 0.15) is 57.8 Å². The standard InChI is InChI=1S/C18H33N4O5S/c1-4-22(5-2)13-16-17(14-22)21(20-19-16)10-8-12-28(23,24)27-15(3)26-18-9-6-7-11-25-18/h15,18H,4-14H2,1-3H3/q+1. The Morgan fingerprint density at radius 1 is 1.29 bits per heavy atom. The van der Waals surface area contributed by atoms with Crippen LogP contribution in [0.3, 0.4) is 0 Å². The predicted molar refractivity (Wildman–Crippen MR) is 102 cm³/mol. The maximum Gasteiger partial charge on any atom is 0.269 e. The molecule has 1 fully saturated rings. The van der Waals surface area contributed by atoms with Crippen molar-refractivity contribution in [3.05, 3.63) is 11.4 Å². The molecular weight excluding hydrogens is 384 g/mol. The van der Waals surface area contributed by atoms with Gasteiger partial charge in [0.05, 0.1) is 18.8 Å². The number of hydrogen-bond acceptors (Lipinski definition) is 7. The van der Waals surface area contributed by atoms with E-state index >= 15 is 0 Å². The van der Waals surface area contributed by atoms with E-state index in [2.05, 4.69) is 24.2 Å². The van der Waals surface area contributed by atoms with E-state index in [0.717, 1.165) is 61.3 Å². The first-order valence-corrected chi connectivity index (χ1v) is 11.9. The van der Waals surface area contributed by atoms with Crippen molar-refractivity contribution in [2.75, 3.05) is 25.4 Å². The zero-order valence-corrected chi connectivity index (χ0v) is 18.0. The molecule has 0 saturated carbocycles. The summed E-state index contributed by atoms with van der Waals surface area (Å²) in [6.07, 6.45) is 1.98. The summed E-state index contributed by atoms with van der Waals surface area (Å²) in [5, 5.41) is 8.51. The van der Waals surface area contributed by atoms with Gasteiger partial charge in [0.25, 0.3) is 10.1 Å². The molecule has 2 atom stereocenters. The molecule has 0 radical (unpaired) electrons. The van der Waals surface area contributed by atoms with Gasteiger partial charge in [-0.3, -0.25) is 0 Å². The number of hydrogen-bond donors (Lipinski definition) is 0. The largest absolute Gasteiger partial charge is 0.353 e. The Labute approximate surface area is 167 Å². The van der Waals surface area contributed by atoms with Crippen molar-refractivity contribution < 1.29 is 26.6 Å². The third-order valence-corrected chi connectivity index (χ3v) is 7.11. The Kier molecular flexibility index (Phi) is 7.08. The quantitative estimate of drug-likeness (QED) is 0.325. The van der Waals surface area contributed by atoms with Gasteiger partial charge in [-0.1, -0.05) is 5.21 Å². The van der Waals surface area contributed by atoms with Gasteiger partial charge in [-0.2, -0.15) is 8.42 Å². The molecule has 1 saturated heterocycles. The van der Waals surface area contributed by atoms with E-state index in [1.165, 1.54) is 0 Å². The van der Waals surface area contributed by atoms with Crippen molar-refractivity contribution in [3.8, 4) is 0 Å². The van der Waals surface area contributed by atoms with Gasteiger partial charge in [0, 0.05) is 13.2 Å². The highest BCUT2D eigenvalue weighted by atomic mass is 32.2. The lowest BCUT2D eigenvalue weighted by molar-refractivity contribution is -0.944. The zero-order chi connectivity index (χ0) is 20.2. The second-order valence-corrected chi connectivity index (χ2v) is 9.42. The highest BCUT2D eigenvalue weighted by Gasteiger charge is 2.37. The van der Waals surface area contributed by atoms with E-state index in [9.17, 15) is 8.42 Å². The molecule has 1 aromatic heterocycles. The monoisotopic (exact) mass is 417 g/mol. The van der Waals surface area contributed by atoms with Crippen molar-refractivity contribution >= 4 is 10.1 Å². The van der Waals surface area contributed by atoms with Gasteiger partial charge in [-0.05, 0) is 46.5 Å². The van der Waals surface area contributed by atoms with Crippen LogP contribution in [0.25, 0.3) is 0 Å². The number of ether oxygens (including phenoxy) is 2. The average molecular weight is 418 g/mol. The highest BCUT2D eigenvalue weighted by molar-refractivity contribution is 7.86. The van der Waals surface area contributed by atoms with Crippen LogP contribution in [0.4, 0.5) is 0 Å². The van der Waals surface area contributed by atoms with E-state index < -0.39 is 16.4 Å². The fourth-order valence-corrected chi connectivity index (χ4v) is 4.94. The molecule has 1 aromatic rings. The second kappa shape index (κ2) is 9.17. The summed E-state index contributed by atoms with van der Waals surface area (Å²) in [4.78, 5) is 0. The van der Waals surface area contributed by atoms with Gasteiger partial charge >= 0.3 is 0 Å². The van der Waals surface area contributed by atoms with Crippen LogP contribution in [-0.4, -0.2) is 65.9 Å². The lowest BCUT2D eigenvalue weighted by atomic mass is 10.2. The molecule has 0 N–H and O–H groups in total. The molecule has 2 aliphatic heterocycles. The number of aromatic nitrogens is 3. The van der Waals surface area contributed by atoms with Crippen molar-refractivity contribution in [2.24, 2.45) is 0 Å². The van der Waals surface area contributed by atoms with Crippen LogP contribution >= 0.6 is 0 Å². The molecular formula is C18H33N4O5S+. The number of nitrogens with zero attached hydrogens (tertiary/aromatic N) is 4. The first-order chi connectivity index (χ1) is 13.4. The Morgan fingerprint density at radius 2 is 2.07 bits per heavy atom. The molecule has 0 bridgehead atoms. The molecule has 0 spiro atoms. The summed E-state index contributed by atoms with van der Waals surface area (Å²) in [6, 6.07) is 0. The Morgan fingerprint density at radius 3 is 2.75 bits per heavy atom. The minimum atomic E-state index is -3.68. The van der Waals surface area contributed by atoms with Crippen molar-refractivity contribution in [3.63, 3.8) is 0 Å². The summed E-state index contributed by atoms with van der Waals surface area (Å²) < 4.78 is 43.5. The minimum Gasteiger partial charge on any atom is -0.353 e. The zero-order valence-electron chi connectivity index (χ0n) is 17.2. The Bertz CT molecular complexity index is 741.